The quantitative estimate of drug-likeness (QED) is 0.496. The summed E-state index contributed by atoms with van der Waals surface area (Å²) in [6.45, 7) is 2.45. The molecule has 0 bridgehead atoms. The van der Waals surface area contributed by atoms with Gasteiger partial charge in [0.1, 0.15) is 18.2 Å². The van der Waals surface area contributed by atoms with Crippen LogP contribution in [0, 0.1) is 5.82 Å². The van der Waals surface area contributed by atoms with E-state index in [0.717, 1.165) is 5.56 Å². The van der Waals surface area contributed by atoms with Gasteiger partial charge in [0.15, 0.2) is 0 Å². The zero-order valence-corrected chi connectivity index (χ0v) is 18.8. The number of rotatable bonds is 8. The van der Waals surface area contributed by atoms with E-state index in [1.807, 2.05) is 30.3 Å². The summed E-state index contributed by atoms with van der Waals surface area (Å²) in [6, 6.07) is 20.7. The van der Waals surface area contributed by atoms with Gasteiger partial charge < -0.3 is 19.1 Å². The minimum absolute atomic E-state index is 0.0625. The molecule has 1 aliphatic heterocycles. The van der Waals surface area contributed by atoms with Crippen molar-refractivity contribution in [2.45, 2.75) is 12.5 Å². The van der Waals surface area contributed by atoms with Gasteiger partial charge in [-0.15, -0.1) is 0 Å². The Morgan fingerprint density at radius 1 is 1.00 bits per heavy atom. The Hall–Kier alpha value is -3.30. The zero-order valence-electron chi connectivity index (χ0n) is 18.8. The highest BCUT2D eigenvalue weighted by Crippen LogP contribution is 2.28. The number of carbonyl (C=O) groups is 1. The molecule has 4 N–H and O–H groups in total. The second kappa shape index (κ2) is 10.8. The van der Waals surface area contributed by atoms with Gasteiger partial charge in [0.2, 0.25) is 5.85 Å². The molecule has 8 heteroatoms. The molecule has 178 valence electrons. The molecule has 4 rings (SSSR count). The highest BCUT2D eigenvalue weighted by atomic mass is 19.1. The van der Waals surface area contributed by atoms with E-state index in [0.29, 0.717) is 55.4 Å². The number of nitrogens with zero attached hydrogens (tertiary/aromatic N) is 1. The lowest BCUT2D eigenvalue weighted by molar-refractivity contribution is -0.0258. The Morgan fingerprint density at radius 2 is 1.71 bits per heavy atom. The van der Waals surface area contributed by atoms with Crippen LogP contribution in [-0.2, 0) is 16.1 Å². The van der Waals surface area contributed by atoms with Crippen molar-refractivity contribution in [3.05, 3.63) is 89.7 Å². The van der Waals surface area contributed by atoms with Crippen molar-refractivity contribution in [2.24, 2.45) is 11.5 Å². The number of amides is 1. The maximum atomic E-state index is 14.6. The Kier molecular flexibility index (Phi) is 7.54. The molecule has 1 saturated heterocycles. The smallest absolute Gasteiger partial charge is 0.254 e. The number of nitrogens with two attached hydrogens (primary N) is 2. The number of hydrogen-bond donors (Lipinski definition) is 2. The van der Waals surface area contributed by atoms with E-state index in [4.69, 9.17) is 25.7 Å². The van der Waals surface area contributed by atoms with Crippen molar-refractivity contribution < 1.29 is 23.4 Å². The lowest BCUT2D eigenvalue weighted by atomic mass is 10.0. The van der Waals surface area contributed by atoms with E-state index in [1.54, 1.807) is 29.2 Å². The van der Waals surface area contributed by atoms with Gasteiger partial charge in [-0.05, 0) is 41.5 Å². The van der Waals surface area contributed by atoms with Gasteiger partial charge in [0, 0.05) is 24.2 Å². The maximum Gasteiger partial charge on any atom is 0.254 e. The van der Waals surface area contributed by atoms with Crippen molar-refractivity contribution in [3.8, 4) is 16.9 Å². The molecule has 3 aromatic carbocycles. The first kappa shape index (κ1) is 23.8. The van der Waals surface area contributed by atoms with Crippen molar-refractivity contribution in [3.63, 3.8) is 0 Å². The van der Waals surface area contributed by atoms with Crippen LogP contribution >= 0.6 is 0 Å². The molecular weight excluding hydrogens is 437 g/mol. The molecule has 0 atom stereocenters. The number of hydrogen-bond acceptors (Lipinski definition) is 6. The topological polar surface area (TPSA) is 100 Å². The van der Waals surface area contributed by atoms with Gasteiger partial charge in [0.05, 0.1) is 19.8 Å². The van der Waals surface area contributed by atoms with Gasteiger partial charge in [-0.2, -0.15) is 0 Å². The van der Waals surface area contributed by atoms with Crippen molar-refractivity contribution >= 4 is 5.91 Å². The lowest BCUT2D eigenvalue weighted by Gasteiger charge is -2.27. The van der Waals surface area contributed by atoms with Gasteiger partial charge in [0.25, 0.3) is 5.91 Å². The summed E-state index contributed by atoms with van der Waals surface area (Å²) in [5.74, 6) is -1.80. The fraction of sp³-hybridized carbons (Fsp3) is 0.269. The monoisotopic (exact) mass is 465 g/mol. The van der Waals surface area contributed by atoms with E-state index in [9.17, 15) is 9.18 Å². The predicted octanol–water partition coefficient (Wildman–Crippen LogP) is 3.13. The van der Waals surface area contributed by atoms with Crippen LogP contribution in [0.3, 0.4) is 0 Å². The minimum Gasteiger partial charge on any atom is -0.458 e. The minimum atomic E-state index is -1.60. The normalized spacial score (nSPS) is 14.1. The Labute approximate surface area is 198 Å². The number of carbonyl (C=O) groups excluding carboxylic acids is 1. The molecule has 1 fully saturated rings. The maximum absolute atomic E-state index is 14.6. The van der Waals surface area contributed by atoms with E-state index in [2.05, 4.69) is 0 Å². The number of ether oxygens (including phenoxy) is 3. The van der Waals surface area contributed by atoms with Crippen LogP contribution in [0.25, 0.3) is 11.1 Å². The molecule has 0 saturated carbocycles. The second-order valence-electron chi connectivity index (χ2n) is 8.16. The third kappa shape index (κ3) is 6.18. The second-order valence-corrected chi connectivity index (χ2v) is 8.16. The van der Waals surface area contributed by atoms with E-state index < -0.39 is 11.7 Å². The van der Waals surface area contributed by atoms with Crippen LogP contribution in [0.4, 0.5) is 4.39 Å². The molecule has 1 aliphatic rings. The van der Waals surface area contributed by atoms with Crippen LogP contribution < -0.4 is 16.2 Å². The third-order valence-corrected chi connectivity index (χ3v) is 5.43. The molecule has 3 aromatic rings. The van der Waals surface area contributed by atoms with Crippen LogP contribution in [0.2, 0.25) is 0 Å². The molecule has 1 amide bonds. The molecule has 7 nitrogen and oxygen atoms in total. The van der Waals surface area contributed by atoms with Crippen molar-refractivity contribution in [1.82, 2.24) is 4.90 Å². The summed E-state index contributed by atoms with van der Waals surface area (Å²) >= 11 is 0. The summed E-state index contributed by atoms with van der Waals surface area (Å²) in [5.41, 5.74) is 14.5. The molecule has 1 heterocycles. The van der Waals surface area contributed by atoms with Crippen molar-refractivity contribution in [1.29, 1.82) is 0 Å². The first-order valence-electron chi connectivity index (χ1n) is 11.1. The first-order chi connectivity index (χ1) is 16.4. The largest absolute Gasteiger partial charge is 0.458 e. The average molecular weight is 466 g/mol. The molecule has 0 aromatic heterocycles. The Bertz CT molecular complexity index is 1100. The Balaban J connectivity index is 1.41. The highest BCUT2D eigenvalue weighted by Gasteiger charge is 2.23. The standard InChI is InChI=1S/C26H28FN3O4/c27-24-11-10-22(34-26(28,29)18-33-17-19-4-2-1-3-5-19)16-23(24)20-6-8-21(9-7-20)25(31)30-12-14-32-15-13-30/h1-11,16H,12-15,17-18,28-29H2. The number of benzene rings is 3. The van der Waals surface area contributed by atoms with Crippen LogP contribution in [0.5, 0.6) is 5.75 Å². The van der Waals surface area contributed by atoms with E-state index in [-0.39, 0.29) is 12.5 Å². The van der Waals surface area contributed by atoms with Gasteiger partial charge in [-0.1, -0.05) is 42.5 Å². The molecule has 34 heavy (non-hydrogen) atoms. The van der Waals surface area contributed by atoms with E-state index in [1.165, 1.54) is 18.2 Å². The van der Waals surface area contributed by atoms with Crippen LogP contribution in [0.15, 0.2) is 72.8 Å². The van der Waals surface area contributed by atoms with E-state index >= 15 is 0 Å². The summed E-state index contributed by atoms with van der Waals surface area (Å²) in [4.78, 5) is 14.4. The van der Waals surface area contributed by atoms with Gasteiger partial charge >= 0.3 is 0 Å². The molecule has 0 spiro atoms. The lowest BCUT2D eigenvalue weighted by Crippen LogP contribution is -2.58. The molecule has 0 unspecified atom stereocenters. The fourth-order valence-electron chi connectivity index (χ4n) is 3.68. The fourth-order valence-corrected chi connectivity index (χ4v) is 3.68. The summed E-state index contributed by atoms with van der Waals surface area (Å²) < 4.78 is 31.2. The van der Waals surface area contributed by atoms with Crippen LogP contribution in [0.1, 0.15) is 15.9 Å². The number of halogens is 1. The molecule has 0 radical (unpaired) electrons. The average Bonchev–Trinajstić information content (AvgIpc) is 2.86. The highest BCUT2D eigenvalue weighted by molar-refractivity contribution is 5.94. The van der Waals surface area contributed by atoms with Gasteiger partial charge in [-0.3, -0.25) is 16.3 Å². The van der Waals surface area contributed by atoms with Crippen molar-refractivity contribution in [2.75, 3.05) is 32.9 Å². The molecule has 0 aliphatic carbocycles. The summed E-state index contributed by atoms with van der Waals surface area (Å²) in [7, 11) is 0. The van der Waals surface area contributed by atoms with Crippen LogP contribution in [-0.4, -0.2) is 49.6 Å². The summed E-state index contributed by atoms with van der Waals surface area (Å²) in [6.07, 6.45) is 0. The summed E-state index contributed by atoms with van der Waals surface area (Å²) in [5, 5.41) is 0. The predicted molar refractivity (Wildman–Crippen MR) is 126 cm³/mol. The third-order valence-electron chi connectivity index (χ3n) is 5.43. The Morgan fingerprint density at radius 3 is 2.41 bits per heavy atom. The van der Waals surface area contributed by atoms with Gasteiger partial charge in [-0.25, -0.2) is 4.39 Å². The first-order valence-corrected chi connectivity index (χ1v) is 11.1. The SMILES string of the molecule is NC(N)(COCc1ccccc1)Oc1ccc(F)c(-c2ccc(C(=O)N3CCOCC3)cc2)c1. The number of morpholine rings is 1. The molecular formula is C26H28FN3O4. The zero-order chi connectivity index (χ0) is 24.0.